The summed E-state index contributed by atoms with van der Waals surface area (Å²) in [4.78, 5) is 24.7. The summed E-state index contributed by atoms with van der Waals surface area (Å²) < 4.78 is 33.1. The molecule has 5 rings (SSSR count). The second-order valence-corrected chi connectivity index (χ2v) is 10.2. The van der Waals surface area contributed by atoms with Gasteiger partial charge in [-0.25, -0.2) is 8.78 Å². The minimum Gasteiger partial charge on any atom is -0.368 e. The van der Waals surface area contributed by atoms with E-state index < -0.39 is 23.1 Å². The number of ether oxygens (including phenoxy) is 1. The molecule has 0 spiro atoms. The molecular weight excluding hydrogens is 402 g/mol. The van der Waals surface area contributed by atoms with Crippen LogP contribution in [0.15, 0.2) is 0 Å². The van der Waals surface area contributed by atoms with Crippen LogP contribution >= 0.6 is 11.6 Å². The predicted molar refractivity (Wildman–Crippen MR) is 105 cm³/mol. The Morgan fingerprint density at radius 1 is 1.03 bits per heavy atom. The monoisotopic (exact) mass is 432 g/mol. The van der Waals surface area contributed by atoms with Crippen LogP contribution in [0.4, 0.5) is 8.78 Å². The molecule has 164 valence electrons. The fraction of sp³-hybridized carbons (Fsp3) is 0.905. The Labute approximate surface area is 175 Å². The van der Waals surface area contributed by atoms with Crippen molar-refractivity contribution in [2.75, 3.05) is 13.2 Å². The first kappa shape index (κ1) is 21.3. The standard InChI is InChI=1S/C21H31ClF2N2O3/c22-15-6-5-14(7-17(15)24)29-9-18(27)26-21-10-20(11-21,12-21)19(28)25-8-13-3-1-2-4-16(13)23/h13-17H,1-12H2,(H,25,28)(H,26,27). The summed E-state index contributed by atoms with van der Waals surface area (Å²) in [5, 5.41) is 5.48. The highest BCUT2D eigenvalue weighted by Gasteiger charge is 2.72. The van der Waals surface area contributed by atoms with Gasteiger partial charge in [0.15, 0.2) is 0 Å². The Morgan fingerprint density at radius 3 is 2.45 bits per heavy atom. The van der Waals surface area contributed by atoms with Crippen LogP contribution in [0.5, 0.6) is 0 Å². The molecule has 2 amide bonds. The molecule has 5 unspecified atom stereocenters. The summed E-state index contributed by atoms with van der Waals surface area (Å²) in [5.74, 6) is -0.289. The Bertz CT molecular complexity index is 630. The molecule has 8 heteroatoms. The third kappa shape index (κ3) is 4.41. The number of hydrogen-bond acceptors (Lipinski definition) is 3. The smallest absolute Gasteiger partial charge is 0.246 e. The van der Waals surface area contributed by atoms with Crippen LogP contribution in [-0.4, -0.2) is 54.3 Å². The van der Waals surface area contributed by atoms with Gasteiger partial charge in [-0.2, -0.15) is 0 Å². The molecule has 5 atom stereocenters. The topological polar surface area (TPSA) is 67.4 Å². The van der Waals surface area contributed by atoms with E-state index in [0.29, 0.717) is 45.1 Å². The van der Waals surface area contributed by atoms with Gasteiger partial charge in [0.05, 0.1) is 16.9 Å². The van der Waals surface area contributed by atoms with Crippen molar-refractivity contribution in [1.29, 1.82) is 0 Å². The molecule has 2 bridgehead atoms. The first-order chi connectivity index (χ1) is 13.8. The molecule has 2 N–H and O–H groups in total. The summed E-state index contributed by atoms with van der Waals surface area (Å²) >= 11 is 5.87. The van der Waals surface area contributed by atoms with Crippen LogP contribution in [0.1, 0.15) is 64.2 Å². The zero-order valence-corrected chi connectivity index (χ0v) is 17.5. The molecule has 5 fully saturated rings. The lowest BCUT2D eigenvalue weighted by atomic mass is 9.39. The van der Waals surface area contributed by atoms with Crippen LogP contribution in [0.3, 0.4) is 0 Å². The summed E-state index contributed by atoms with van der Waals surface area (Å²) in [5.41, 5.74) is -0.698. The van der Waals surface area contributed by atoms with Gasteiger partial charge in [-0.05, 0) is 44.9 Å². The number of hydrogen-bond donors (Lipinski definition) is 2. The van der Waals surface area contributed by atoms with Crippen molar-refractivity contribution < 1.29 is 23.1 Å². The molecule has 5 saturated carbocycles. The molecule has 0 radical (unpaired) electrons. The van der Waals surface area contributed by atoms with E-state index in [9.17, 15) is 18.4 Å². The fourth-order valence-electron chi connectivity index (χ4n) is 5.68. The van der Waals surface area contributed by atoms with Crippen LogP contribution in [0.2, 0.25) is 0 Å². The van der Waals surface area contributed by atoms with E-state index in [1.54, 1.807) is 0 Å². The minimum atomic E-state index is -1.09. The maximum Gasteiger partial charge on any atom is 0.246 e. The summed E-state index contributed by atoms with van der Waals surface area (Å²) in [7, 11) is 0. The van der Waals surface area contributed by atoms with Crippen molar-refractivity contribution in [3.63, 3.8) is 0 Å². The van der Waals surface area contributed by atoms with Gasteiger partial charge < -0.3 is 15.4 Å². The molecule has 0 aliphatic heterocycles. The van der Waals surface area contributed by atoms with Gasteiger partial charge in [0, 0.05) is 24.4 Å². The fourth-order valence-corrected chi connectivity index (χ4v) is 5.91. The number of carbonyl (C=O) groups excluding carboxylic acids is 2. The van der Waals surface area contributed by atoms with Gasteiger partial charge >= 0.3 is 0 Å². The van der Waals surface area contributed by atoms with Gasteiger partial charge in [-0.1, -0.05) is 12.8 Å². The van der Waals surface area contributed by atoms with Crippen molar-refractivity contribution in [2.24, 2.45) is 11.3 Å². The Hall–Kier alpha value is -0.950. The number of rotatable bonds is 7. The van der Waals surface area contributed by atoms with Crippen LogP contribution in [0, 0.1) is 11.3 Å². The van der Waals surface area contributed by atoms with Crippen molar-refractivity contribution >= 4 is 23.4 Å². The van der Waals surface area contributed by atoms with E-state index in [-0.39, 0.29) is 42.4 Å². The van der Waals surface area contributed by atoms with E-state index in [4.69, 9.17) is 16.3 Å². The highest BCUT2D eigenvalue weighted by molar-refractivity contribution is 6.21. The molecule has 0 heterocycles. The molecular formula is C21H31ClF2N2O3. The van der Waals surface area contributed by atoms with E-state index >= 15 is 0 Å². The van der Waals surface area contributed by atoms with Crippen molar-refractivity contribution in [2.45, 2.75) is 93.6 Å². The molecule has 29 heavy (non-hydrogen) atoms. The highest BCUT2D eigenvalue weighted by atomic mass is 35.5. The van der Waals surface area contributed by atoms with Gasteiger partial charge in [-0.3, -0.25) is 9.59 Å². The molecule has 0 aromatic rings. The van der Waals surface area contributed by atoms with Crippen LogP contribution in [-0.2, 0) is 14.3 Å². The molecule has 0 aromatic carbocycles. The molecule has 5 aliphatic rings. The van der Waals surface area contributed by atoms with E-state index in [2.05, 4.69) is 10.6 Å². The lowest BCUT2D eigenvalue weighted by Crippen LogP contribution is -2.78. The Morgan fingerprint density at radius 2 is 1.76 bits per heavy atom. The van der Waals surface area contributed by atoms with Gasteiger partial charge in [0.2, 0.25) is 11.8 Å². The van der Waals surface area contributed by atoms with Gasteiger partial charge in [0.1, 0.15) is 19.0 Å². The van der Waals surface area contributed by atoms with Crippen LogP contribution in [0.25, 0.3) is 0 Å². The maximum absolute atomic E-state index is 13.9. The van der Waals surface area contributed by atoms with Gasteiger partial charge in [0.25, 0.3) is 0 Å². The highest BCUT2D eigenvalue weighted by Crippen LogP contribution is 2.67. The lowest BCUT2D eigenvalue weighted by Gasteiger charge is -2.69. The molecule has 0 aromatic heterocycles. The SMILES string of the molecule is O=C(COC1CCC(Cl)C(F)C1)NC12CC(C(=O)NCC3CCCCC3F)(C1)C2. The van der Waals surface area contributed by atoms with Crippen molar-refractivity contribution in [1.82, 2.24) is 10.6 Å². The average molecular weight is 433 g/mol. The van der Waals surface area contributed by atoms with Crippen molar-refractivity contribution in [3.8, 4) is 0 Å². The number of amides is 2. The Balaban J connectivity index is 1.14. The second kappa shape index (κ2) is 8.29. The van der Waals surface area contributed by atoms with Crippen molar-refractivity contribution in [3.05, 3.63) is 0 Å². The lowest BCUT2D eigenvalue weighted by molar-refractivity contribution is -0.185. The first-order valence-corrected chi connectivity index (χ1v) is 11.4. The molecule has 0 saturated heterocycles. The Kier molecular flexibility index (Phi) is 6.09. The maximum atomic E-state index is 13.9. The first-order valence-electron chi connectivity index (χ1n) is 10.9. The third-order valence-corrected chi connectivity index (χ3v) is 7.84. The van der Waals surface area contributed by atoms with Gasteiger partial charge in [-0.15, -0.1) is 11.6 Å². The average Bonchev–Trinajstić information content (AvgIpc) is 2.63. The quantitative estimate of drug-likeness (QED) is 0.607. The molecule has 5 nitrogen and oxygen atoms in total. The number of carbonyl (C=O) groups is 2. The summed E-state index contributed by atoms with van der Waals surface area (Å²) in [6.45, 7) is 0.319. The minimum absolute atomic E-state index is 0.00512. The predicted octanol–water partition coefficient (Wildman–Crippen LogP) is 3.18. The third-order valence-electron chi connectivity index (χ3n) is 7.35. The van der Waals surface area contributed by atoms with E-state index in [1.165, 1.54) is 0 Å². The number of halogens is 3. The largest absolute Gasteiger partial charge is 0.368 e. The normalized spacial score (nSPS) is 43.6. The molecule has 5 aliphatic carbocycles. The number of alkyl halides is 3. The second-order valence-electron chi connectivity index (χ2n) is 9.69. The summed E-state index contributed by atoms with van der Waals surface area (Å²) in [6.07, 6.45) is 4.58. The number of nitrogens with one attached hydrogen (secondary N) is 2. The zero-order valence-electron chi connectivity index (χ0n) is 16.7. The summed E-state index contributed by atoms with van der Waals surface area (Å²) in [6, 6.07) is 0. The van der Waals surface area contributed by atoms with E-state index in [0.717, 1.165) is 19.3 Å². The van der Waals surface area contributed by atoms with E-state index in [1.807, 2.05) is 0 Å². The zero-order chi connectivity index (χ0) is 20.6. The van der Waals surface area contributed by atoms with Crippen LogP contribution < -0.4 is 10.6 Å².